The van der Waals surface area contributed by atoms with Gasteiger partial charge in [0.15, 0.2) is 6.61 Å². The zero-order valence-corrected chi connectivity index (χ0v) is 19.0. The van der Waals surface area contributed by atoms with Crippen molar-refractivity contribution in [2.45, 2.75) is 13.2 Å². The molecule has 0 unspecified atom stereocenters. The number of nitrogens with one attached hydrogen (secondary N) is 1. The smallest absolute Gasteiger partial charge is 0.265 e. The third-order valence-electron chi connectivity index (χ3n) is 5.71. The summed E-state index contributed by atoms with van der Waals surface area (Å²) in [4.78, 5) is 27.0. The van der Waals surface area contributed by atoms with E-state index in [4.69, 9.17) is 9.47 Å². The molecule has 2 amide bonds. The molecule has 6 heteroatoms. The van der Waals surface area contributed by atoms with Crippen LogP contribution in [0.4, 0.5) is 11.4 Å². The molecular formula is C29H24N2O4. The first kappa shape index (κ1) is 22.2. The Bertz CT molecular complexity index is 1320. The van der Waals surface area contributed by atoms with Crippen LogP contribution in [0.15, 0.2) is 103 Å². The number of ether oxygens (including phenoxy) is 2. The Morgan fingerprint density at radius 3 is 2.26 bits per heavy atom. The molecule has 4 aromatic rings. The molecule has 1 aliphatic heterocycles. The highest BCUT2D eigenvalue weighted by atomic mass is 16.5. The van der Waals surface area contributed by atoms with Gasteiger partial charge >= 0.3 is 0 Å². The van der Waals surface area contributed by atoms with Crippen LogP contribution in [0, 0.1) is 0 Å². The Hall–Kier alpha value is -4.58. The Labute approximate surface area is 203 Å². The third-order valence-corrected chi connectivity index (χ3v) is 5.71. The van der Waals surface area contributed by atoms with Crippen LogP contribution in [0.5, 0.6) is 11.5 Å². The fraction of sp³-hybridized carbons (Fsp3) is 0.103. The summed E-state index contributed by atoms with van der Waals surface area (Å²) in [6.45, 7) is 0.862. The molecule has 0 aliphatic carbocycles. The topological polar surface area (TPSA) is 67.9 Å². The fourth-order valence-electron chi connectivity index (χ4n) is 3.86. The lowest BCUT2D eigenvalue weighted by Crippen LogP contribution is -2.38. The predicted molar refractivity (Wildman–Crippen MR) is 135 cm³/mol. The largest absolute Gasteiger partial charge is 0.489 e. The van der Waals surface area contributed by atoms with Crippen molar-refractivity contribution < 1.29 is 19.1 Å². The van der Waals surface area contributed by atoms with Crippen LogP contribution in [-0.4, -0.2) is 18.4 Å². The van der Waals surface area contributed by atoms with Crippen molar-refractivity contribution in [2.75, 3.05) is 16.8 Å². The average molecular weight is 465 g/mol. The Balaban J connectivity index is 1.24. The minimum atomic E-state index is -0.263. The highest BCUT2D eigenvalue weighted by Gasteiger charge is 2.26. The summed E-state index contributed by atoms with van der Waals surface area (Å²) in [5.41, 5.74) is 3.86. The van der Waals surface area contributed by atoms with E-state index in [0.29, 0.717) is 35.8 Å². The summed E-state index contributed by atoms with van der Waals surface area (Å²) in [6, 6.07) is 32.1. The standard InChI is InChI=1S/C29H24N2O4/c32-28-20-35-27-17-23(11-16-26(27)31(28)18-21-7-3-1-4-8-21)29(33)30-24-12-14-25(15-13-24)34-19-22-9-5-2-6-10-22/h1-17H,18-20H2,(H,30,33). The molecule has 0 bridgehead atoms. The normalized spacial score (nSPS) is 12.5. The van der Waals surface area contributed by atoms with Crippen molar-refractivity contribution in [3.05, 3.63) is 120 Å². The van der Waals surface area contributed by atoms with Gasteiger partial charge in [0, 0.05) is 11.3 Å². The fourth-order valence-corrected chi connectivity index (χ4v) is 3.86. The van der Waals surface area contributed by atoms with Crippen LogP contribution in [0.1, 0.15) is 21.5 Å². The second-order valence-corrected chi connectivity index (χ2v) is 8.19. The maximum atomic E-state index is 12.9. The molecule has 0 atom stereocenters. The van der Waals surface area contributed by atoms with Crippen LogP contribution in [0.2, 0.25) is 0 Å². The molecular weight excluding hydrogens is 440 g/mol. The number of rotatable bonds is 7. The lowest BCUT2D eigenvalue weighted by Gasteiger charge is -2.29. The summed E-state index contributed by atoms with van der Waals surface area (Å²) in [6.07, 6.45) is 0. The molecule has 6 nitrogen and oxygen atoms in total. The second kappa shape index (κ2) is 10.1. The van der Waals surface area contributed by atoms with Gasteiger partial charge in [-0.15, -0.1) is 0 Å². The Morgan fingerprint density at radius 2 is 1.54 bits per heavy atom. The van der Waals surface area contributed by atoms with Gasteiger partial charge in [0.1, 0.15) is 18.1 Å². The van der Waals surface area contributed by atoms with Crippen molar-refractivity contribution in [2.24, 2.45) is 0 Å². The van der Waals surface area contributed by atoms with Gasteiger partial charge in [-0.1, -0.05) is 60.7 Å². The molecule has 0 aromatic heterocycles. The zero-order chi connectivity index (χ0) is 24.0. The molecule has 35 heavy (non-hydrogen) atoms. The van der Waals surface area contributed by atoms with E-state index in [1.165, 1.54) is 0 Å². The summed E-state index contributed by atoms with van der Waals surface area (Å²) in [7, 11) is 0. The lowest BCUT2D eigenvalue weighted by molar-refractivity contribution is -0.121. The highest BCUT2D eigenvalue weighted by Crippen LogP contribution is 2.34. The van der Waals surface area contributed by atoms with Crippen molar-refractivity contribution in [1.82, 2.24) is 0 Å². The van der Waals surface area contributed by atoms with E-state index < -0.39 is 0 Å². The maximum Gasteiger partial charge on any atom is 0.265 e. The first-order chi connectivity index (χ1) is 17.2. The number of carbonyl (C=O) groups excluding carboxylic acids is 2. The van der Waals surface area contributed by atoms with E-state index >= 15 is 0 Å². The van der Waals surface area contributed by atoms with Gasteiger partial charge in [-0.3, -0.25) is 9.59 Å². The summed E-state index contributed by atoms with van der Waals surface area (Å²) in [5, 5.41) is 2.90. The SMILES string of the molecule is O=C(Nc1ccc(OCc2ccccc2)cc1)c1ccc2c(c1)OCC(=O)N2Cc1ccccc1. The van der Waals surface area contributed by atoms with E-state index in [0.717, 1.165) is 16.9 Å². The summed E-state index contributed by atoms with van der Waals surface area (Å²) in [5.74, 6) is 0.851. The van der Waals surface area contributed by atoms with Gasteiger partial charge in [-0.2, -0.15) is 0 Å². The van der Waals surface area contributed by atoms with Gasteiger partial charge in [0.2, 0.25) is 0 Å². The van der Waals surface area contributed by atoms with Crippen LogP contribution in [0.25, 0.3) is 0 Å². The van der Waals surface area contributed by atoms with Crippen molar-refractivity contribution in [3.63, 3.8) is 0 Å². The minimum Gasteiger partial charge on any atom is -0.489 e. The Morgan fingerprint density at radius 1 is 0.857 bits per heavy atom. The monoisotopic (exact) mass is 464 g/mol. The Kier molecular flexibility index (Phi) is 6.44. The van der Waals surface area contributed by atoms with Crippen LogP contribution in [-0.2, 0) is 17.9 Å². The zero-order valence-electron chi connectivity index (χ0n) is 19.0. The highest BCUT2D eigenvalue weighted by molar-refractivity contribution is 6.06. The second-order valence-electron chi connectivity index (χ2n) is 8.19. The number of hydrogen-bond donors (Lipinski definition) is 1. The molecule has 0 spiro atoms. The molecule has 1 N–H and O–H groups in total. The molecule has 0 fully saturated rings. The average Bonchev–Trinajstić information content (AvgIpc) is 2.91. The van der Waals surface area contributed by atoms with Gasteiger partial charge < -0.3 is 19.7 Å². The van der Waals surface area contributed by atoms with E-state index in [1.54, 1.807) is 35.2 Å². The number of fused-ring (bicyclic) bond motifs is 1. The first-order valence-electron chi connectivity index (χ1n) is 11.3. The number of nitrogens with zero attached hydrogens (tertiary/aromatic N) is 1. The predicted octanol–water partition coefficient (Wildman–Crippen LogP) is 5.44. The molecule has 0 saturated carbocycles. The molecule has 5 rings (SSSR count). The molecule has 0 radical (unpaired) electrons. The first-order valence-corrected chi connectivity index (χ1v) is 11.3. The molecule has 0 saturated heterocycles. The maximum absolute atomic E-state index is 12.9. The number of benzene rings is 4. The molecule has 1 aliphatic rings. The van der Waals surface area contributed by atoms with E-state index in [2.05, 4.69) is 5.32 Å². The van der Waals surface area contributed by atoms with Crippen LogP contribution in [0.3, 0.4) is 0 Å². The number of carbonyl (C=O) groups is 2. The minimum absolute atomic E-state index is 0.0602. The van der Waals surface area contributed by atoms with Gasteiger partial charge in [-0.05, 0) is 53.6 Å². The van der Waals surface area contributed by atoms with Crippen molar-refractivity contribution in [1.29, 1.82) is 0 Å². The molecule has 4 aromatic carbocycles. The molecule has 1 heterocycles. The van der Waals surface area contributed by atoms with Gasteiger partial charge in [0.25, 0.3) is 11.8 Å². The quantitative estimate of drug-likeness (QED) is 0.395. The summed E-state index contributed by atoms with van der Waals surface area (Å²) >= 11 is 0. The number of amides is 2. The van der Waals surface area contributed by atoms with Gasteiger partial charge in [0.05, 0.1) is 12.2 Å². The van der Waals surface area contributed by atoms with Crippen molar-refractivity contribution >= 4 is 23.2 Å². The third kappa shape index (κ3) is 5.33. The van der Waals surface area contributed by atoms with E-state index in [-0.39, 0.29) is 18.4 Å². The molecule has 174 valence electrons. The lowest BCUT2D eigenvalue weighted by atomic mass is 10.1. The van der Waals surface area contributed by atoms with Crippen LogP contribution >= 0.6 is 0 Å². The van der Waals surface area contributed by atoms with E-state index in [9.17, 15) is 9.59 Å². The number of anilines is 2. The van der Waals surface area contributed by atoms with Crippen LogP contribution < -0.4 is 19.7 Å². The van der Waals surface area contributed by atoms with Crippen molar-refractivity contribution in [3.8, 4) is 11.5 Å². The van der Waals surface area contributed by atoms with Gasteiger partial charge in [-0.25, -0.2) is 0 Å². The number of hydrogen-bond acceptors (Lipinski definition) is 4. The van der Waals surface area contributed by atoms with E-state index in [1.807, 2.05) is 72.8 Å². The summed E-state index contributed by atoms with van der Waals surface area (Å²) < 4.78 is 11.4.